The van der Waals surface area contributed by atoms with Gasteiger partial charge in [0.25, 0.3) is 0 Å². The fraction of sp³-hybridized carbons (Fsp3) is 0.667. The van der Waals surface area contributed by atoms with Crippen LogP contribution >= 0.6 is 0 Å². The van der Waals surface area contributed by atoms with Gasteiger partial charge in [-0.05, 0) is 18.4 Å². The van der Waals surface area contributed by atoms with Crippen molar-refractivity contribution >= 4 is 0 Å². The Kier molecular flexibility index (Phi) is 10.3. The molecule has 1 unspecified atom stereocenters. The number of hydrogen-bond donors (Lipinski definition) is 1. The molecule has 0 amide bonds. The van der Waals surface area contributed by atoms with E-state index >= 15 is 0 Å². The molecule has 114 valence electrons. The average molecular weight is 277 g/mol. The van der Waals surface area contributed by atoms with Crippen LogP contribution in [0.3, 0.4) is 0 Å². The highest BCUT2D eigenvalue weighted by Gasteiger charge is 2.09. The second-order valence-corrected chi connectivity index (χ2v) is 5.38. The zero-order valence-electron chi connectivity index (χ0n) is 13.2. The Balaban J connectivity index is 2.31. The molecule has 1 atom stereocenters. The Morgan fingerprint density at radius 2 is 1.70 bits per heavy atom. The van der Waals surface area contributed by atoms with Crippen LogP contribution in [0.4, 0.5) is 0 Å². The quantitative estimate of drug-likeness (QED) is 0.558. The molecule has 0 aliphatic heterocycles. The number of nitrogens with one attached hydrogen (secondary N) is 1. The van der Waals surface area contributed by atoms with Gasteiger partial charge in [-0.3, -0.25) is 0 Å². The molecule has 0 fully saturated rings. The van der Waals surface area contributed by atoms with Gasteiger partial charge in [-0.2, -0.15) is 0 Å². The molecule has 0 heterocycles. The first kappa shape index (κ1) is 17.2. The third-order valence-corrected chi connectivity index (χ3v) is 3.58. The number of unbranched alkanes of at least 4 members (excludes halogenated alkanes) is 3. The maximum Gasteiger partial charge on any atom is 0.0591 e. The van der Waals surface area contributed by atoms with E-state index in [4.69, 9.17) is 4.74 Å². The van der Waals surface area contributed by atoms with Crippen molar-refractivity contribution in [1.29, 1.82) is 0 Å². The van der Waals surface area contributed by atoms with Gasteiger partial charge in [0.2, 0.25) is 0 Å². The van der Waals surface area contributed by atoms with Gasteiger partial charge < -0.3 is 10.1 Å². The lowest BCUT2D eigenvalue weighted by Gasteiger charge is -2.19. The van der Waals surface area contributed by atoms with Crippen LogP contribution in [-0.4, -0.2) is 19.8 Å². The summed E-state index contributed by atoms with van der Waals surface area (Å²) in [5.74, 6) is 0. The highest BCUT2D eigenvalue weighted by molar-refractivity contribution is 5.18. The second-order valence-electron chi connectivity index (χ2n) is 5.38. The minimum atomic E-state index is 0.470. The second kappa shape index (κ2) is 11.9. The molecule has 20 heavy (non-hydrogen) atoms. The minimum absolute atomic E-state index is 0.470. The van der Waals surface area contributed by atoms with E-state index in [2.05, 4.69) is 49.5 Å². The van der Waals surface area contributed by atoms with Crippen molar-refractivity contribution in [3.05, 3.63) is 35.9 Å². The monoisotopic (exact) mass is 277 g/mol. The van der Waals surface area contributed by atoms with Gasteiger partial charge in [0.1, 0.15) is 0 Å². The summed E-state index contributed by atoms with van der Waals surface area (Å²) >= 11 is 0. The summed E-state index contributed by atoms with van der Waals surface area (Å²) in [6, 6.07) is 11.3. The van der Waals surface area contributed by atoms with E-state index in [1.165, 1.54) is 44.1 Å². The van der Waals surface area contributed by atoms with E-state index in [9.17, 15) is 0 Å². The number of ether oxygens (including phenoxy) is 1. The van der Waals surface area contributed by atoms with Gasteiger partial charge in [0.05, 0.1) is 6.61 Å². The molecule has 2 nitrogen and oxygen atoms in total. The van der Waals surface area contributed by atoms with Crippen molar-refractivity contribution in [2.24, 2.45) is 0 Å². The van der Waals surface area contributed by atoms with Gasteiger partial charge in [-0.15, -0.1) is 0 Å². The van der Waals surface area contributed by atoms with E-state index in [1.807, 2.05) is 0 Å². The molecule has 0 saturated heterocycles. The number of benzene rings is 1. The molecule has 1 aromatic carbocycles. The van der Waals surface area contributed by atoms with Crippen molar-refractivity contribution in [1.82, 2.24) is 5.32 Å². The minimum Gasteiger partial charge on any atom is -0.380 e. The molecule has 2 heteroatoms. The third-order valence-electron chi connectivity index (χ3n) is 3.58. The van der Waals surface area contributed by atoms with Crippen molar-refractivity contribution in [3.63, 3.8) is 0 Å². The van der Waals surface area contributed by atoms with Crippen LogP contribution in [-0.2, 0) is 4.74 Å². The van der Waals surface area contributed by atoms with Crippen molar-refractivity contribution in [3.8, 4) is 0 Å². The summed E-state index contributed by atoms with van der Waals surface area (Å²) < 4.78 is 5.62. The molecule has 0 spiro atoms. The summed E-state index contributed by atoms with van der Waals surface area (Å²) in [6.07, 6.45) is 7.47. The molecule has 0 aromatic heterocycles. The van der Waals surface area contributed by atoms with Crippen LogP contribution in [0, 0.1) is 0 Å². The summed E-state index contributed by atoms with van der Waals surface area (Å²) in [5.41, 5.74) is 1.40. The fourth-order valence-corrected chi connectivity index (χ4v) is 2.32. The Morgan fingerprint density at radius 1 is 0.950 bits per heavy atom. The molecule has 0 saturated carbocycles. The van der Waals surface area contributed by atoms with E-state index in [0.717, 1.165) is 19.8 Å². The predicted molar refractivity (Wildman–Crippen MR) is 87.1 cm³/mol. The van der Waals surface area contributed by atoms with Crippen LogP contribution in [0.5, 0.6) is 0 Å². The van der Waals surface area contributed by atoms with Crippen LogP contribution in [0.15, 0.2) is 30.3 Å². The molecule has 0 radical (unpaired) electrons. The zero-order chi connectivity index (χ0) is 14.5. The number of rotatable bonds is 12. The Labute approximate surface area is 124 Å². The van der Waals surface area contributed by atoms with Crippen LogP contribution in [0.1, 0.15) is 64.0 Å². The summed E-state index contributed by atoms with van der Waals surface area (Å²) in [7, 11) is 0. The molecule has 1 aromatic rings. The largest absolute Gasteiger partial charge is 0.380 e. The summed E-state index contributed by atoms with van der Waals surface area (Å²) in [5, 5.41) is 3.65. The maximum atomic E-state index is 5.62. The highest BCUT2D eigenvalue weighted by Crippen LogP contribution is 2.19. The molecular weight excluding hydrogens is 246 g/mol. The zero-order valence-corrected chi connectivity index (χ0v) is 13.2. The maximum absolute atomic E-state index is 5.62. The molecular formula is C18H31NO. The standard InChI is InChI=1S/C18H31NO/c1-3-5-8-13-18(17-11-9-7-10-12-17)19-14-16-20-15-6-4-2/h7,9-12,18-19H,3-6,8,13-16H2,1-2H3. The first-order chi connectivity index (χ1) is 9.88. The normalized spacial score (nSPS) is 12.5. The Morgan fingerprint density at radius 3 is 2.40 bits per heavy atom. The fourth-order valence-electron chi connectivity index (χ4n) is 2.32. The van der Waals surface area contributed by atoms with Crippen LogP contribution < -0.4 is 5.32 Å². The smallest absolute Gasteiger partial charge is 0.0591 e. The average Bonchev–Trinajstić information content (AvgIpc) is 2.50. The van der Waals surface area contributed by atoms with Gasteiger partial charge in [-0.1, -0.05) is 69.9 Å². The lowest BCUT2D eigenvalue weighted by Crippen LogP contribution is -2.25. The van der Waals surface area contributed by atoms with E-state index in [0.29, 0.717) is 6.04 Å². The van der Waals surface area contributed by atoms with Gasteiger partial charge >= 0.3 is 0 Å². The summed E-state index contributed by atoms with van der Waals surface area (Å²) in [6.45, 7) is 7.10. The first-order valence-corrected chi connectivity index (χ1v) is 8.24. The SMILES string of the molecule is CCCCCC(NCCOCCCC)c1ccccc1. The van der Waals surface area contributed by atoms with Crippen molar-refractivity contribution in [2.45, 2.75) is 58.4 Å². The van der Waals surface area contributed by atoms with E-state index in [-0.39, 0.29) is 0 Å². The van der Waals surface area contributed by atoms with Gasteiger partial charge in [0, 0.05) is 19.2 Å². The third kappa shape index (κ3) is 7.66. The molecule has 1 N–H and O–H groups in total. The molecule has 0 bridgehead atoms. The van der Waals surface area contributed by atoms with Gasteiger partial charge in [-0.25, -0.2) is 0 Å². The molecule has 1 rings (SSSR count). The van der Waals surface area contributed by atoms with Gasteiger partial charge in [0.15, 0.2) is 0 Å². The lowest BCUT2D eigenvalue weighted by atomic mass is 10.0. The topological polar surface area (TPSA) is 21.3 Å². The van der Waals surface area contributed by atoms with Crippen LogP contribution in [0.2, 0.25) is 0 Å². The van der Waals surface area contributed by atoms with E-state index in [1.54, 1.807) is 0 Å². The van der Waals surface area contributed by atoms with Crippen molar-refractivity contribution in [2.75, 3.05) is 19.8 Å². The van der Waals surface area contributed by atoms with Crippen LogP contribution in [0.25, 0.3) is 0 Å². The number of hydrogen-bond acceptors (Lipinski definition) is 2. The van der Waals surface area contributed by atoms with E-state index < -0.39 is 0 Å². The lowest BCUT2D eigenvalue weighted by molar-refractivity contribution is 0.130. The Hall–Kier alpha value is -0.860. The van der Waals surface area contributed by atoms with Crippen molar-refractivity contribution < 1.29 is 4.74 Å². The molecule has 0 aliphatic carbocycles. The highest BCUT2D eigenvalue weighted by atomic mass is 16.5. The summed E-state index contributed by atoms with van der Waals surface area (Å²) in [4.78, 5) is 0. The Bertz CT molecular complexity index is 312. The first-order valence-electron chi connectivity index (χ1n) is 8.24. The molecule has 0 aliphatic rings. The predicted octanol–water partition coefficient (Wildman–Crippen LogP) is 4.71.